The van der Waals surface area contributed by atoms with Crippen molar-refractivity contribution in [2.24, 2.45) is 0 Å². The van der Waals surface area contributed by atoms with Gasteiger partial charge in [0.25, 0.3) is 0 Å². The number of esters is 1. The maximum Gasteiger partial charge on any atom is 0.305 e. The molecule has 0 bridgehead atoms. The minimum absolute atomic E-state index is 0.0104. The number of hydrogen-bond donors (Lipinski definition) is 3. The van der Waals surface area contributed by atoms with Crippen LogP contribution in [0.1, 0.15) is 258 Å². The lowest BCUT2D eigenvalue weighted by Crippen LogP contribution is -2.45. The lowest BCUT2D eigenvalue weighted by Gasteiger charge is -2.20. The molecule has 0 heterocycles. The standard InChI is InChI=1S/C50H95NO5/c1-3-5-7-9-11-13-15-19-24-28-32-36-40-44-50(55)56-45-41-37-33-29-25-21-18-16-17-20-23-27-31-35-39-43-49(54)51-47(46-52)48(53)42-38-34-30-26-22-14-12-10-8-6-4-2/h13,15,38,42,47-48,52-53H,3-12,14,16-37,39-41,43-46H2,1-2H3,(H,51,54)/b15-13-,42-38+. The van der Waals surface area contributed by atoms with Crippen LogP contribution in [0.2, 0.25) is 0 Å². The molecular weight excluding hydrogens is 695 g/mol. The van der Waals surface area contributed by atoms with Gasteiger partial charge in [0.15, 0.2) is 0 Å². The van der Waals surface area contributed by atoms with Crippen molar-refractivity contribution < 1.29 is 24.5 Å². The normalized spacial score (nSPS) is 12.9. The van der Waals surface area contributed by atoms with E-state index in [1.54, 1.807) is 6.08 Å². The predicted octanol–water partition coefficient (Wildman–Crippen LogP) is 14.3. The van der Waals surface area contributed by atoms with E-state index in [0.29, 0.717) is 19.4 Å². The van der Waals surface area contributed by atoms with E-state index in [4.69, 9.17) is 4.74 Å². The summed E-state index contributed by atoms with van der Waals surface area (Å²) in [5.41, 5.74) is 0. The third-order valence-corrected chi connectivity index (χ3v) is 11.2. The highest BCUT2D eigenvalue weighted by molar-refractivity contribution is 5.76. The molecule has 0 aliphatic heterocycles. The molecule has 0 saturated carbocycles. The summed E-state index contributed by atoms with van der Waals surface area (Å²) in [5, 5.41) is 22.9. The summed E-state index contributed by atoms with van der Waals surface area (Å²) in [6.07, 6.45) is 53.1. The number of carbonyl (C=O) groups excluding carboxylic acids is 2. The highest BCUT2D eigenvalue weighted by Gasteiger charge is 2.18. The number of carbonyl (C=O) groups is 2. The van der Waals surface area contributed by atoms with Gasteiger partial charge in [0.2, 0.25) is 5.91 Å². The van der Waals surface area contributed by atoms with Crippen molar-refractivity contribution in [1.82, 2.24) is 5.32 Å². The summed E-state index contributed by atoms with van der Waals surface area (Å²) in [6.45, 7) is 4.85. The zero-order chi connectivity index (χ0) is 40.8. The third-order valence-electron chi connectivity index (χ3n) is 11.2. The molecule has 2 unspecified atom stereocenters. The molecule has 0 radical (unpaired) electrons. The second-order valence-corrected chi connectivity index (χ2v) is 16.8. The molecule has 330 valence electrons. The topological polar surface area (TPSA) is 95.9 Å². The first-order valence-electron chi connectivity index (χ1n) is 24.6. The van der Waals surface area contributed by atoms with Gasteiger partial charge in [-0.3, -0.25) is 9.59 Å². The van der Waals surface area contributed by atoms with Crippen LogP contribution in [0.4, 0.5) is 0 Å². The molecule has 1 amide bonds. The van der Waals surface area contributed by atoms with Gasteiger partial charge in [-0.2, -0.15) is 0 Å². The lowest BCUT2D eigenvalue weighted by atomic mass is 10.0. The first-order valence-corrected chi connectivity index (χ1v) is 24.6. The number of allylic oxidation sites excluding steroid dienone is 3. The lowest BCUT2D eigenvalue weighted by molar-refractivity contribution is -0.143. The Morgan fingerprint density at radius 3 is 1.29 bits per heavy atom. The van der Waals surface area contributed by atoms with Crippen LogP contribution in [0, 0.1) is 0 Å². The highest BCUT2D eigenvalue weighted by Crippen LogP contribution is 2.15. The van der Waals surface area contributed by atoms with Crippen molar-refractivity contribution in [3.8, 4) is 0 Å². The van der Waals surface area contributed by atoms with Crippen LogP contribution in [-0.4, -0.2) is 47.4 Å². The molecular formula is C50H95NO5. The number of unbranched alkanes of at least 4 members (excludes halogenated alkanes) is 32. The molecule has 0 aliphatic carbocycles. The average Bonchev–Trinajstić information content (AvgIpc) is 3.20. The highest BCUT2D eigenvalue weighted by atomic mass is 16.5. The van der Waals surface area contributed by atoms with E-state index in [9.17, 15) is 19.8 Å². The first kappa shape index (κ1) is 54.3. The maximum atomic E-state index is 12.4. The van der Waals surface area contributed by atoms with Crippen LogP contribution >= 0.6 is 0 Å². The van der Waals surface area contributed by atoms with E-state index >= 15 is 0 Å². The number of aliphatic hydroxyl groups excluding tert-OH is 2. The van der Waals surface area contributed by atoms with Crippen molar-refractivity contribution in [2.45, 2.75) is 270 Å². The SMILES string of the molecule is CCCCCC/C=C\CCCCCCCC(=O)OCCCCCCCCCCCCCCCCCC(=O)NC(CO)C(O)/C=C/CCCCCCCCCCC. The van der Waals surface area contributed by atoms with Gasteiger partial charge in [0.1, 0.15) is 0 Å². The average molecular weight is 790 g/mol. The number of rotatable bonds is 45. The van der Waals surface area contributed by atoms with E-state index in [-0.39, 0.29) is 18.5 Å². The molecule has 0 spiro atoms. The van der Waals surface area contributed by atoms with Crippen molar-refractivity contribution in [3.63, 3.8) is 0 Å². The Kier molecular flexibility index (Phi) is 44.7. The zero-order valence-electron chi connectivity index (χ0n) is 37.4. The van der Waals surface area contributed by atoms with Crippen LogP contribution in [0.25, 0.3) is 0 Å². The molecule has 56 heavy (non-hydrogen) atoms. The zero-order valence-corrected chi connectivity index (χ0v) is 37.4. The fraction of sp³-hybridized carbons (Fsp3) is 0.880. The largest absolute Gasteiger partial charge is 0.466 e. The summed E-state index contributed by atoms with van der Waals surface area (Å²) in [5.74, 6) is -0.0889. The van der Waals surface area contributed by atoms with Crippen LogP contribution in [-0.2, 0) is 14.3 Å². The van der Waals surface area contributed by atoms with E-state index < -0.39 is 12.1 Å². The molecule has 0 fully saturated rings. The molecule has 0 aromatic rings. The van der Waals surface area contributed by atoms with Gasteiger partial charge in [-0.15, -0.1) is 0 Å². The Balaban J connectivity index is 3.46. The molecule has 6 nitrogen and oxygen atoms in total. The van der Waals surface area contributed by atoms with Gasteiger partial charge in [-0.05, 0) is 57.8 Å². The molecule has 0 rings (SSSR count). The van der Waals surface area contributed by atoms with Gasteiger partial charge >= 0.3 is 5.97 Å². The summed E-state index contributed by atoms with van der Waals surface area (Å²) in [4.78, 5) is 24.4. The molecule has 6 heteroatoms. The Bertz CT molecular complexity index is 874. The third kappa shape index (κ3) is 42.0. The Hall–Kier alpha value is -1.66. The van der Waals surface area contributed by atoms with Crippen LogP contribution < -0.4 is 5.32 Å². The molecule has 2 atom stereocenters. The van der Waals surface area contributed by atoms with Crippen LogP contribution in [0.3, 0.4) is 0 Å². The Morgan fingerprint density at radius 2 is 0.839 bits per heavy atom. The Morgan fingerprint density at radius 1 is 0.482 bits per heavy atom. The van der Waals surface area contributed by atoms with Gasteiger partial charge in [-0.25, -0.2) is 0 Å². The summed E-state index contributed by atoms with van der Waals surface area (Å²) in [6, 6.07) is -0.632. The van der Waals surface area contributed by atoms with E-state index in [1.807, 2.05) is 6.08 Å². The fourth-order valence-corrected chi connectivity index (χ4v) is 7.39. The van der Waals surface area contributed by atoms with Crippen molar-refractivity contribution in [2.75, 3.05) is 13.2 Å². The maximum absolute atomic E-state index is 12.4. The van der Waals surface area contributed by atoms with Crippen molar-refractivity contribution in [3.05, 3.63) is 24.3 Å². The fourth-order valence-electron chi connectivity index (χ4n) is 7.39. The second kappa shape index (κ2) is 46.0. The minimum atomic E-state index is -0.848. The van der Waals surface area contributed by atoms with Crippen LogP contribution in [0.5, 0.6) is 0 Å². The summed E-state index contributed by atoms with van der Waals surface area (Å²) >= 11 is 0. The van der Waals surface area contributed by atoms with E-state index in [1.165, 1.54) is 173 Å². The van der Waals surface area contributed by atoms with Gasteiger partial charge in [0, 0.05) is 12.8 Å². The summed E-state index contributed by atoms with van der Waals surface area (Å²) < 4.78 is 5.45. The molecule has 3 N–H and O–H groups in total. The van der Waals surface area contributed by atoms with Crippen LogP contribution in [0.15, 0.2) is 24.3 Å². The molecule has 0 aromatic heterocycles. The number of nitrogens with one attached hydrogen (secondary N) is 1. The number of ether oxygens (including phenoxy) is 1. The summed E-state index contributed by atoms with van der Waals surface area (Å²) in [7, 11) is 0. The smallest absolute Gasteiger partial charge is 0.305 e. The van der Waals surface area contributed by atoms with Gasteiger partial charge in [-0.1, -0.05) is 212 Å². The minimum Gasteiger partial charge on any atom is -0.466 e. The monoisotopic (exact) mass is 790 g/mol. The predicted molar refractivity (Wildman–Crippen MR) is 241 cm³/mol. The second-order valence-electron chi connectivity index (χ2n) is 16.8. The quantitative estimate of drug-likeness (QED) is 0.0324. The Labute approximate surface area is 348 Å². The van der Waals surface area contributed by atoms with Gasteiger partial charge in [0.05, 0.1) is 25.4 Å². The molecule has 0 aliphatic rings. The number of aliphatic hydroxyl groups is 2. The molecule has 0 aromatic carbocycles. The number of hydrogen-bond acceptors (Lipinski definition) is 5. The molecule has 0 saturated heterocycles. The number of amides is 1. The van der Waals surface area contributed by atoms with Crippen molar-refractivity contribution in [1.29, 1.82) is 0 Å². The van der Waals surface area contributed by atoms with E-state index in [0.717, 1.165) is 57.8 Å². The van der Waals surface area contributed by atoms with Gasteiger partial charge < -0.3 is 20.3 Å². The van der Waals surface area contributed by atoms with E-state index in [2.05, 4.69) is 31.3 Å². The van der Waals surface area contributed by atoms with Crippen molar-refractivity contribution >= 4 is 11.9 Å². The first-order chi connectivity index (χ1) is 27.5.